The lowest BCUT2D eigenvalue weighted by molar-refractivity contribution is 0.140. The Morgan fingerprint density at radius 2 is 0.872 bits per heavy atom. The fourth-order valence-corrected chi connectivity index (χ4v) is 7.37. The fraction of sp³-hybridized carbons (Fsp3) is 0.182. The van der Waals surface area contributed by atoms with Gasteiger partial charge >= 0.3 is 0 Å². The molecule has 0 amide bonds. The van der Waals surface area contributed by atoms with Crippen LogP contribution in [0.1, 0.15) is 22.3 Å². The van der Waals surface area contributed by atoms with E-state index in [9.17, 15) is 0 Å². The van der Waals surface area contributed by atoms with E-state index < -0.39 is 0 Å². The summed E-state index contributed by atoms with van der Waals surface area (Å²) in [6, 6.07) is 44.8. The van der Waals surface area contributed by atoms with Gasteiger partial charge < -0.3 is 13.9 Å². The predicted molar refractivity (Wildman–Crippen MR) is 199 cm³/mol. The zero-order chi connectivity index (χ0) is 32.1. The molecule has 2 heterocycles. The number of ether oxygens (including phenoxy) is 1. The van der Waals surface area contributed by atoms with Crippen molar-refractivity contribution in [3.8, 4) is 22.3 Å². The second-order valence-electron chi connectivity index (χ2n) is 13.1. The standard InChI is InChI=1S/C44H40N2O/c1-29-13-17-33(18-14-29)37-25-31(27-41-43(37)35-9-5-7-11-39(35)45(41)3)21-23-47-24-22-32-26-38(34-19-15-30(2)16-20-34)44-36-10-6-8-12-40(36)46(4)42(44)28-32/h5-20,25-28H,21-24H2,1-4H3. The van der Waals surface area contributed by atoms with Crippen LogP contribution in [0.3, 0.4) is 0 Å². The Morgan fingerprint density at radius 3 is 1.30 bits per heavy atom. The van der Waals surface area contributed by atoms with Gasteiger partial charge in [-0.15, -0.1) is 0 Å². The van der Waals surface area contributed by atoms with Crippen molar-refractivity contribution >= 4 is 43.6 Å². The molecule has 0 saturated carbocycles. The van der Waals surface area contributed by atoms with Gasteiger partial charge in [0.05, 0.1) is 13.2 Å². The molecule has 0 aliphatic carbocycles. The van der Waals surface area contributed by atoms with E-state index in [2.05, 4.69) is 158 Å². The Labute approximate surface area is 276 Å². The molecule has 3 nitrogen and oxygen atoms in total. The number of benzene rings is 6. The van der Waals surface area contributed by atoms with Gasteiger partial charge in [0, 0.05) is 57.7 Å². The lowest BCUT2D eigenvalue weighted by atomic mass is 9.95. The maximum atomic E-state index is 6.35. The van der Waals surface area contributed by atoms with Crippen molar-refractivity contribution in [1.82, 2.24) is 9.13 Å². The van der Waals surface area contributed by atoms with Gasteiger partial charge in [-0.25, -0.2) is 0 Å². The molecule has 0 fully saturated rings. The molecule has 3 heteroatoms. The molecule has 0 atom stereocenters. The summed E-state index contributed by atoms with van der Waals surface area (Å²) in [7, 11) is 4.36. The van der Waals surface area contributed by atoms with Crippen LogP contribution < -0.4 is 0 Å². The molecule has 2 aromatic heterocycles. The summed E-state index contributed by atoms with van der Waals surface area (Å²) < 4.78 is 11.0. The summed E-state index contributed by atoms with van der Waals surface area (Å²) in [5, 5.41) is 5.25. The summed E-state index contributed by atoms with van der Waals surface area (Å²) >= 11 is 0. The van der Waals surface area contributed by atoms with Crippen LogP contribution in [-0.2, 0) is 31.7 Å². The zero-order valence-electron chi connectivity index (χ0n) is 27.7. The first-order valence-corrected chi connectivity index (χ1v) is 16.7. The van der Waals surface area contributed by atoms with Crippen molar-refractivity contribution in [1.29, 1.82) is 0 Å². The molecule has 8 rings (SSSR count). The quantitative estimate of drug-likeness (QED) is 0.156. The Morgan fingerprint density at radius 1 is 0.468 bits per heavy atom. The molecular weight excluding hydrogens is 572 g/mol. The van der Waals surface area contributed by atoms with E-state index in [4.69, 9.17) is 4.74 Å². The van der Waals surface area contributed by atoms with Gasteiger partial charge in [0.15, 0.2) is 0 Å². The van der Waals surface area contributed by atoms with E-state index in [1.807, 2.05) is 0 Å². The van der Waals surface area contributed by atoms with Crippen molar-refractivity contribution in [3.63, 3.8) is 0 Å². The number of para-hydroxylation sites is 2. The van der Waals surface area contributed by atoms with Crippen LogP contribution in [0.25, 0.3) is 65.9 Å². The Bertz CT molecular complexity index is 2230. The highest BCUT2D eigenvalue weighted by molar-refractivity contribution is 6.16. The average Bonchev–Trinajstić information content (AvgIpc) is 3.55. The highest BCUT2D eigenvalue weighted by Crippen LogP contribution is 2.39. The topological polar surface area (TPSA) is 19.1 Å². The number of nitrogens with zero attached hydrogens (tertiary/aromatic N) is 2. The van der Waals surface area contributed by atoms with Crippen molar-refractivity contribution in [2.75, 3.05) is 13.2 Å². The van der Waals surface area contributed by atoms with Crippen LogP contribution in [0.5, 0.6) is 0 Å². The predicted octanol–water partition coefficient (Wildman–Crippen LogP) is 10.7. The van der Waals surface area contributed by atoms with Crippen molar-refractivity contribution in [2.45, 2.75) is 26.7 Å². The highest BCUT2D eigenvalue weighted by Gasteiger charge is 2.16. The van der Waals surface area contributed by atoms with E-state index in [0.717, 1.165) is 12.8 Å². The summed E-state index contributed by atoms with van der Waals surface area (Å²) in [6.07, 6.45) is 1.74. The van der Waals surface area contributed by atoms with Crippen LogP contribution in [0.4, 0.5) is 0 Å². The molecule has 0 N–H and O–H groups in total. The van der Waals surface area contributed by atoms with E-state index in [1.54, 1.807) is 0 Å². The SMILES string of the molecule is Cc1ccc(-c2cc(CCOCCc3cc(-c4ccc(C)cc4)c4c5ccccc5n(C)c4c3)cc3c2c2ccccc2n3C)cc1. The zero-order valence-corrected chi connectivity index (χ0v) is 27.7. The lowest BCUT2D eigenvalue weighted by Crippen LogP contribution is -2.04. The maximum absolute atomic E-state index is 6.35. The molecule has 0 aliphatic rings. The van der Waals surface area contributed by atoms with Crippen LogP contribution in [0.15, 0.2) is 121 Å². The molecule has 0 aliphatic heterocycles. The summed E-state index contributed by atoms with van der Waals surface area (Å²) in [5.41, 5.74) is 15.3. The molecule has 0 bridgehead atoms. The number of aromatic nitrogens is 2. The summed E-state index contributed by atoms with van der Waals surface area (Å²) in [6.45, 7) is 5.66. The Kier molecular flexibility index (Phi) is 7.42. The van der Waals surface area contributed by atoms with Crippen molar-refractivity contribution < 1.29 is 4.74 Å². The summed E-state index contributed by atoms with van der Waals surface area (Å²) in [4.78, 5) is 0. The third-order valence-corrected chi connectivity index (χ3v) is 9.94. The third kappa shape index (κ3) is 5.21. The first kappa shape index (κ1) is 29.3. The van der Waals surface area contributed by atoms with Gasteiger partial charge in [-0.3, -0.25) is 0 Å². The van der Waals surface area contributed by atoms with Gasteiger partial charge in [-0.1, -0.05) is 108 Å². The maximum Gasteiger partial charge on any atom is 0.0506 e. The number of rotatable bonds is 8. The highest BCUT2D eigenvalue weighted by atomic mass is 16.5. The summed E-state index contributed by atoms with van der Waals surface area (Å²) in [5.74, 6) is 0. The number of fused-ring (bicyclic) bond motifs is 6. The number of aryl methyl sites for hydroxylation is 4. The fourth-order valence-electron chi connectivity index (χ4n) is 7.37. The molecule has 8 aromatic rings. The molecule has 6 aromatic carbocycles. The molecule has 0 unspecified atom stereocenters. The van der Waals surface area contributed by atoms with Crippen molar-refractivity contribution in [2.24, 2.45) is 14.1 Å². The normalized spacial score (nSPS) is 11.8. The van der Waals surface area contributed by atoms with E-state index >= 15 is 0 Å². The van der Waals surface area contributed by atoms with Crippen LogP contribution in [0, 0.1) is 13.8 Å². The van der Waals surface area contributed by atoms with Crippen molar-refractivity contribution in [3.05, 3.63) is 144 Å². The molecule has 0 radical (unpaired) electrons. The third-order valence-electron chi connectivity index (χ3n) is 9.94. The van der Waals surface area contributed by atoms with Crippen LogP contribution in [-0.4, -0.2) is 22.3 Å². The average molecular weight is 613 g/mol. The Hall–Kier alpha value is -5.12. The first-order valence-electron chi connectivity index (χ1n) is 16.7. The minimum atomic E-state index is 0.684. The number of hydrogen-bond donors (Lipinski definition) is 0. The number of hydrogen-bond acceptors (Lipinski definition) is 1. The Balaban J connectivity index is 1.06. The van der Waals surface area contributed by atoms with Gasteiger partial charge in [0.25, 0.3) is 0 Å². The van der Waals surface area contributed by atoms with Crippen LogP contribution in [0.2, 0.25) is 0 Å². The van der Waals surface area contributed by atoms with E-state index in [1.165, 1.54) is 88.1 Å². The second-order valence-corrected chi connectivity index (χ2v) is 13.1. The molecular formula is C44H40N2O. The second kappa shape index (κ2) is 11.9. The smallest absolute Gasteiger partial charge is 0.0506 e. The molecule has 0 saturated heterocycles. The van der Waals surface area contributed by atoms with Gasteiger partial charge in [-0.2, -0.15) is 0 Å². The van der Waals surface area contributed by atoms with E-state index in [-0.39, 0.29) is 0 Å². The largest absolute Gasteiger partial charge is 0.381 e. The monoisotopic (exact) mass is 612 g/mol. The van der Waals surface area contributed by atoms with E-state index in [0.29, 0.717) is 13.2 Å². The van der Waals surface area contributed by atoms with Crippen LogP contribution >= 0.6 is 0 Å². The first-order chi connectivity index (χ1) is 23.0. The van der Waals surface area contributed by atoms with Gasteiger partial charge in [0.2, 0.25) is 0 Å². The molecule has 47 heavy (non-hydrogen) atoms. The molecule has 0 spiro atoms. The molecule has 232 valence electrons. The lowest BCUT2D eigenvalue weighted by Gasteiger charge is -2.12. The minimum Gasteiger partial charge on any atom is -0.381 e. The minimum absolute atomic E-state index is 0.684. The van der Waals surface area contributed by atoms with Gasteiger partial charge in [-0.05, 0) is 84.3 Å². The van der Waals surface area contributed by atoms with Gasteiger partial charge in [0.1, 0.15) is 0 Å².